The monoisotopic (exact) mass is 407 g/mol. The van der Waals surface area contributed by atoms with E-state index in [1.807, 2.05) is 6.07 Å². The van der Waals surface area contributed by atoms with E-state index in [4.69, 9.17) is 0 Å². The molecule has 1 aliphatic heterocycles. The van der Waals surface area contributed by atoms with Crippen molar-refractivity contribution in [3.8, 4) is 33.8 Å². The lowest BCUT2D eigenvalue weighted by atomic mass is 9.96. The fourth-order valence-corrected chi connectivity index (χ4v) is 3.88. The first kappa shape index (κ1) is 18.6. The predicted molar refractivity (Wildman–Crippen MR) is 118 cm³/mol. The van der Waals surface area contributed by atoms with Crippen molar-refractivity contribution in [2.45, 2.75) is 0 Å². The van der Waals surface area contributed by atoms with Crippen LogP contribution in [0.15, 0.2) is 91.0 Å². The van der Waals surface area contributed by atoms with Gasteiger partial charge in [0.15, 0.2) is 0 Å². The number of carbonyl (C=O) groups is 2. The Morgan fingerprint density at radius 1 is 0.548 bits per heavy atom. The molecule has 1 aliphatic rings. The van der Waals surface area contributed by atoms with Crippen LogP contribution >= 0.6 is 0 Å². The van der Waals surface area contributed by atoms with Crippen LogP contribution in [0.1, 0.15) is 20.7 Å². The average molecular weight is 407 g/mol. The Labute approximate surface area is 178 Å². The molecule has 0 saturated heterocycles. The molecule has 0 fully saturated rings. The quantitative estimate of drug-likeness (QED) is 0.456. The standard InChI is InChI=1S/C26H17NO4/c28-20-11-7-16(8-12-20)18-3-1-4-19(15-18)27-25(30)23-6-2-5-22(24(23)26(27)31)17-9-13-21(29)14-10-17/h1-15,28-29H. The van der Waals surface area contributed by atoms with Gasteiger partial charge in [-0.1, -0.05) is 48.5 Å². The summed E-state index contributed by atoms with van der Waals surface area (Å²) in [4.78, 5) is 27.7. The first-order valence-electron chi connectivity index (χ1n) is 9.73. The van der Waals surface area contributed by atoms with Crippen molar-refractivity contribution in [2.75, 3.05) is 4.90 Å². The second-order valence-electron chi connectivity index (χ2n) is 7.32. The maximum atomic E-state index is 13.4. The van der Waals surface area contributed by atoms with Crippen LogP contribution in [-0.4, -0.2) is 22.0 Å². The van der Waals surface area contributed by atoms with Gasteiger partial charge in [0, 0.05) is 0 Å². The van der Waals surface area contributed by atoms with Crippen LogP contribution < -0.4 is 4.90 Å². The highest BCUT2D eigenvalue weighted by Crippen LogP contribution is 2.36. The summed E-state index contributed by atoms with van der Waals surface area (Å²) in [5.74, 6) is -0.455. The normalized spacial score (nSPS) is 12.8. The van der Waals surface area contributed by atoms with Gasteiger partial charge in [-0.25, -0.2) is 4.90 Å². The maximum Gasteiger partial charge on any atom is 0.266 e. The summed E-state index contributed by atoms with van der Waals surface area (Å²) in [5.41, 5.74) is 4.27. The van der Waals surface area contributed by atoms with E-state index < -0.39 is 0 Å². The van der Waals surface area contributed by atoms with Gasteiger partial charge in [-0.05, 0) is 64.7 Å². The highest BCUT2D eigenvalue weighted by Gasteiger charge is 2.38. The maximum absolute atomic E-state index is 13.4. The Morgan fingerprint density at radius 2 is 1.13 bits per heavy atom. The predicted octanol–water partition coefficient (Wildman–Crippen LogP) is 5.23. The van der Waals surface area contributed by atoms with E-state index in [-0.39, 0.29) is 23.3 Å². The average Bonchev–Trinajstić information content (AvgIpc) is 3.05. The van der Waals surface area contributed by atoms with Crippen LogP contribution in [0.2, 0.25) is 0 Å². The van der Waals surface area contributed by atoms with Crippen molar-refractivity contribution in [2.24, 2.45) is 0 Å². The molecule has 0 bridgehead atoms. The molecule has 5 nitrogen and oxygen atoms in total. The van der Waals surface area contributed by atoms with Gasteiger partial charge in [0.25, 0.3) is 11.8 Å². The minimum Gasteiger partial charge on any atom is -0.508 e. The molecule has 0 spiro atoms. The molecule has 5 heteroatoms. The van der Waals surface area contributed by atoms with Gasteiger partial charge in [-0.15, -0.1) is 0 Å². The van der Waals surface area contributed by atoms with Gasteiger partial charge in [-0.3, -0.25) is 9.59 Å². The Kier molecular flexibility index (Phi) is 4.30. The first-order chi connectivity index (χ1) is 15.0. The van der Waals surface area contributed by atoms with E-state index in [0.29, 0.717) is 22.4 Å². The number of carbonyl (C=O) groups excluding carboxylic acids is 2. The summed E-state index contributed by atoms with van der Waals surface area (Å²) in [6, 6.07) is 25.7. The molecule has 31 heavy (non-hydrogen) atoms. The number of rotatable bonds is 3. The zero-order valence-corrected chi connectivity index (χ0v) is 16.3. The summed E-state index contributed by atoms with van der Waals surface area (Å²) >= 11 is 0. The molecule has 4 aromatic rings. The smallest absolute Gasteiger partial charge is 0.266 e. The molecule has 5 rings (SSSR count). The molecule has 150 valence electrons. The molecule has 0 atom stereocenters. The molecule has 0 aliphatic carbocycles. The van der Waals surface area contributed by atoms with Gasteiger partial charge in [0.05, 0.1) is 16.8 Å². The SMILES string of the molecule is O=C1c2cccc(-c3ccc(O)cc3)c2C(=O)N1c1cccc(-c2ccc(O)cc2)c1. The summed E-state index contributed by atoms with van der Waals surface area (Å²) in [5, 5.41) is 19.1. The number of nitrogens with zero attached hydrogens (tertiary/aromatic N) is 1. The molecule has 0 unspecified atom stereocenters. The Hall–Kier alpha value is -4.38. The molecule has 4 aromatic carbocycles. The second-order valence-corrected chi connectivity index (χ2v) is 7.32. The Bertz CT molecular complexity index is 1320. The number of fused-ring (bicyclic) bond motifs is 1. The molecule has 2 amide bonds. The third kappa shape index (κ3) is 3.13. The number of phenols is 2. The summed E-state index contributed by atoms with van der Waals surface area (Å²) in [7, 11) is 0. The number of hydrogen-bond donors (Lipinski definition) is 2. The second kappa shape index (κ2) is 7.15. The number of benzene rings is 4. The molecule has 0 saturated carbocycles. The van der Waals surface area contributed by atoms with Crippen LogP contribution in [0.4, 0.5) is 5.69 Å². The van der Waals surface area contributed by atoms with Crippen molar-refractivity contribution in [3.05, 3.63) is 102 Å². The topological polar surface area (TPSA) is 77.8 Å². The van der Waals surface area contributed by atoms with Crippen molar-refractivity contribution in [1.29, 1.82) is 0 Å². The van der Waals surface area contributed by atoms with Gasteiger partial charge in [0.1, 0.15) is 11.5 Å². The zero-order valence-electron chi connectivity index (χ0n) is 16.3. The minimum absolute atomic E-state index is 0.131. The van der Waals surface area contributed by atoms with Crippen molar-refractivity contribution < 1.29 is 19.8 Å². The summed E-state index contributed by atoms with van der Waals surface area (Å²) < 4.78 is 0. The number of aromatic hydroxyl groups is 2. The van der Waals surface area contributed by atoms with Crippen LogP contribution in [-0.2, 0) is 0 Å². The van der Waals surface area contributed by atoms with E-state index in [9.17, 15) is 19.8 Å². The fourth-order valence-electron chi connectivity index (χ4n) is 3.88. The minimum atomic E-state index is -0.383. The Balaban J connectivity index is 1.58. The van der Waals surface area contributed by atoms with Gasteiger partial charge < -0.3 is 10.2 Å². The van der Waals surface area contributed by atoms with E-state index in [0.717, 1.165) is 16.7 Å². The molecule has 2 N–H and O–H groups in total. The largest absolute Gasteiger partial charge is 0.508 e. The van der Waals surface area contributed by atoms with Gasteiger partial charge in [-0.2, -0.15) is 0 Å². The summed E-state index contributed by atoms with van der Waals surface area (Å²) in [6.45, 7) is 0. The van der Waals surface area contributed by atoms with Crippen LogP contribution in [0.25, 0.3) is 22.3 Å². The number of hydrogen-bond acceptors (Lipinski definition) is 4. The van der Waals surface area contributed by atoms with Crippen LogP contribution in [0.5, 0.6) is 11.5 Å². The van der Waals surface area contributed by atoms with Crippen molar-refractivity contribution in [3.63, 3.8) is 0 Å². The van der Waals surface area contributed by atoms with Gasteiger partial charge >= 0.3 is 0 Å². The number of amides is 2. The van der Waals surface area contributed by atoms with E-state index in [2.05, 4.69) is 0 Å². The van der Waals surface area contributed by atoms with Crippen molar-refractivity contribution >= 4 is 17.5 Å². The molecular weight excluding hydrogens is 390 g/mol. The number of anilines is 1. The van der Waals surface area contributed by atoms with E-state index in [1.54, 1.807) is 84.9 Å². The fraction of sp³-hybridized carbons (Fsp3) is 0. The van der Waals surface area contributed by atoms with Crippen molar-refractivity contribution in [1.82, 2.24) is 0 Å². The highest BCUT2D eigenvalue weighted by molar-refractivity contribution is 6.36. The number of phenolic OH excluding ortho intramolecular Hbond substituents is 2. The molecule has 0 aromatic heterocycles. The highest BCUT2D eigenvalue weighted by atomic mass is 16.3. The van der Waals surface area contributed by atoms with E-state index in [1.165, 1.54) is 4.90 Å². The lowest BCUT2D eigenvalue weighted by molar-refractivity contribution is 0.0926. The number of imide groups is 1. The van der Waals surface area contributed by atoms with E-state index >= 15 is 0 Å². The molecule has 0 radical (unpaired) electrons. The van der Waals surface area contributed by atoms with Crippen LogP contribution in [0, 0.1) is 0 Å². The lowest BCUT2D eigenvalue weighted by Crippen LogP contribution is -2.29. The zero-order chi connectivity index (χ0) is 21.5. The lowest BCUT2D eigenvalue weighted by Gasteiger charge is -2.15. The Morgan fingerprint density at radius 3 is 1.81 bits per heavy atom. The molecule has 1 heterocycles. The summed E-state index contributed by atoms with van der Waals surface area (Å²) in [6.07, 6.45) is 0. The third-order valence-electron chi connectivity index (χ3n) is 5.40. The van der Waals surface area contributed by atoms with Crippen LogP contribution in [0.3, 0.4) is 0 Å². The molecular formula is C26H17NO4. The van der Waals surface area contributed by atoms with Gasteiger partial charge in [0.2, 0.25) is 0 Å². The third-order valence-corrected chi connectivity index (χ3v) is 5.40. The first-order valence-corrected chi connectivity index (χ1v) is 9.73.